The monoisotopic (exact) mass is 291 g/mol. The van der Waals surface area contributed by atoms with E-state index in [1.807, 2.05) is 22.6 Å². The first-order valence-corrected chi connectivity index (χ1v) is 7.91. The van der Waals surface area contributed by atoms with Crippen LogP contribution in [0.25, 0.3) is 5.65 Å². The number of halogens is 1. The van der Waals surface area contributed by atoms with E-state index >= 15 is 0 Å². The lowest BCUT2D eigenvalue weighted by atomic mass is 9.97. The molecule has 0 aliphatic carbocycles. The van der Waals surface area contributed by atoms with Crippen molar-refractivity contribution in [2.45, 2.75) is 51.6 Å². The third kappa shape index (κ3) is 2.70. The molecule has 108 valence electrons. The Morgan fingerprint density at radius 2 is 2.20 bits per heavy atom. The molecule has 3 nitrogen and oxygen atoms in total. The van der Waals surface area contributed by atoms with Crippen LogP contribution in [-0.2, 0) is 6.42 Å². The second-order valence-electron chi connectivity index (χ2n) is 5.99. The van der Waals surface area contributed by atoms with Crippen LogP contribution in [-0.4, -0.2) is 32.9 Å². The Bertz CT molecular complexity index is 590. The molecule has 3 heterocycles. The van der Waals surface area contributed by atoms with Gasteiger partial charge in [-0.05, 0) is 45.4 Å². The Kier molecular flexibility index (Phi) is 3.99. The number of nitrogens with zero attached hydrogens (tertiary/aromatic N) is 3. The maximum Gasteiger partial charge on any atom is 0.138 e. The quantitative estimate of drug-likeness (QED) is 0.802. The van der Waals surface area contributed by atoms with Gasteiger partial charge < -0.3 is 0 Å². The van der Waals surface area contributed by atoms with E-state index in [0.717, 1.165) is 22.9 Å². The summed E-state index contributed by atoms with van der Waals surface area (Å²) in [6.45, 7) is 5.80. The van der Waals surface area contributed by atoms with Gasteiger partial charge in [-0.15, -0.1) is 0 Å². The van der Waals surface area contributed by atoms with E-state index in [9.17, 15) is 0 Å². The Morgan fingerprint density at radius 3 is 2.95 bits per heavy atom. The van der Waals surface area contributed by atoms with Crippen LogP contribution >= 0.6 is 11.6 Å². The third-order valence-corrected chi connectivity index (χ3v) is 4.58. The third-order valence-electron chi connectivity index (χ3n) is 4.27. The molecule has 0 radical (unpaired) electrons. The van der Waals surface area contributed by atoms with E-state index in [2.05, 4.69) is 24.9 Å². The Labute approximate surface area is 125 Å². The number of piperidine rings is 1. The highest BCUT2D eigenvalue weighted by Crippen LogP contribution is 2.23. The van der Waals surface area contributed by atoms with Crippen molar-refractivity contribution < 1.29 is 0 Å². The molecule has 0 amide bonds. The van der Waals surface area contributed by atoms with Gasteiger partial charge in [0.25, 0.3) is 0 Å². The highest BCUT2D eigenvalue weighted by Gasteiger charge is 2.25. The zero-order chi connectivity index (χ0) is 14.1. The summed E-state index contributed by atoms with van der Waals surface area (Å²) in [7, 11) is 0. The first-order valence-electron chi connectivity index (χ1n) is 7.53. The normalized spacial score (nSPS) is 20.9. The number of rotatable bonds is 3. The highest BCUT2D eigenvalue weighted by molar-refractivity contribution is 6.29. The predicted molar refractivity (Wildman–Crippen MR) is 83.4 cm³/mol. The van der Waals surface area contributed by atoms with Gasteiger partial charge >= 0.3 is 0 Å². The zero-order valence-electron chi connectivity index (χ0n) is 12.2. The maximum absolute atomic E-state index is 6.20. The molecule has 1 unspecified atom stereocenters. The van der Waals surface area contributed by atoms with E-state index < -0.39 is 0 Å². The average Bonchev–Trinajstić information content (AvgIpc) is 2.83. The van der Waals surface area contributed by atoms with Gasteiger partial charge in [0, 0.05) is 24.7 Å². The van der Waals surface area contributed by atoms with Crippen LogP contribution in [0.3, 0.4) is 0 Å². The van der Waals surface area contributed by atoms with Gasteiger partial charge in [0.2, 0.25) is 0 Å². The van der Waals surface area contributed by atoms with E-state index in [1.54, 1.807) is 0 Å². The van der Waals surface area contributed by atoms with Crippen LogP contribution in [0.4, 0.5) is 0 Å². The van der Waals surface area contributed by atoms with Crippen LogP contribution in [0.1, 0.15) is 38.8 Å². The summed E-state index contributed by atoms with van der Waals surface area (Å²) in [5.74, 6) is 0. The largest absolute Gasteiger partial charge is 0.298 e. The van der Waals surface area contributed by atoms with Gasteiger partial charge in [0.1, 0.15) is 10.8 Å². The number of fused-ring (bicyclic) bond motifs is 1. The molecule has 3 rings (SSSR count). The molecule has 0 saturated carbocycles. The van der Waals surface area contributed by atoms with Crippen LogP contribution < -0.4 is 0 Å². The van der Waals surface area contributed by atoms with E-state index in [4.69, 9.17) is 16.6 Å². The topological polar surface area (TPSA) is 20.5 Å². The van der Waals surface area contributed by atoms with Gasteiger partial charge in [-0.25, -0.2) is 4.98 Å². The van der Waals surface area contributed by atoms with Crippen molar-refractivity contribution in [2.75, 3.05) is 6.54 Å². The molecule has 1 aliphatic heterocycles. The number of imidazole rings is 1. The summed E-state index contributed by atoms with van der Waals surface area (Å²) in [6.07, 6.45) is 7.05. The molecule has 2 aromatic rings. The molecule has 0 spiro atoms. The van der Waals surface area contributed by atoms with Crippen LogP contribution in [0.2, 0.25) is 5.15 Å². The fourth-order valence-corrected chi connectivity index (χ4v) is 3.50. The molecule has 1 atom stereocenters. The summed E-state index contributed by atoms with van der Waals surface area (Å²) < 4.78 is 1.97. The molecular weight excluding hydrogens is 270 g/mol. The van der Waals surface area contributed by atoms with Gasteiger partial charge in [0.05, 0.1) is 5.69 Å². The number of pyridine rings is 1. The van der Waals surface area contributed by atoms with Crippen LogP contribution in [0.15, 0.2) is 24.4 Å². The van der Waals surface area contributed by atoms with Gasteiger partial charge in [-0.3, -0.25) is 9.30 Å². The lowest BCUT2D eigenvalue weighted by Crippen LogP contribution is -2.45. The SMILES string of the molecule is CC(C)N1CCCCC1Cc1cn2c(Cl)cccc2n1. The fraction of sp³-hybridized carbons (Fsp3) is 0.562. The number of aromatic nitrogens is 2. The molecule has 2 aromatic heterocycles. The van der Waals surface area contributed by atoms with E-state index in [-0.39, 0.29) is 0 Å². The predicted octanol–water partition coefficient (Wildman–Crippen LogP) is 3.79. The minimum absolute atomic E-state index is 0.612. The van der Waals surface area contributed by atoms with Crippen molar-refractivity contribution in [2.24, 2.45) is 0 Å². The van der Waals surface area contributed by atoms with Crippen molar-refractivity contribution >= 4 is 17.2 Å². The van der Waals surface area contributed by atoms with Crippen molar-refractivity contribution in [1.29, 1.82) is 0 Å². The van der Waals surface area contributed by atoms with E-state index in [1.165, 1.54) is 25.8 Å². The molecule has 0 N–H and O–H groups in total. The Balaban J connectivity index is 1.82. The molecule has 4 heteroatoms. The molecule has 1 saturated heterocycles. The molecule has 0 aromatic carbocycles. The molecule has 1 fully saturated rings. The fourth-order valence-electron chi connectivity index (χ4n) is 3.29. The first-order chi connectivity index (χ1) is 9.65. The maximum atomic E-state index is 6.20. The van der Waals surface area contributed by atoms with Gasteiger partial charge in [-0.1, -0.05) is 24.1 Å². The van der Waals surface area contributed by atoms with Crippen LogP contribution in [0.5, 0.6) is 0 Å². The van der Waals surface area contributed by atoms with Gasteiger partial charge in [0.15, 0.2) is 0 Å². The van der Waals surface area contributed by atoms with E-state index in [0.29, 0.717) is 12.1 Å². The molecule has 20 heavy (non-hydrogen) atoms. The number of hydrogen-bond acceptors (Lipinski definition) is 2. The van der Waals surface area contributed by atoms with Crippen molar-refractivity contribution in [3.8, 4) is 0 Å². The lowest BCUT2D eigenvalue weighted by molar-refractivity contribution is 0.111. The summed E-state index contributed by atoms with van der Waals surface area (Å²) >= 11 is 6.20. The minimum Gasteiger partial charge on any atom is -0.298 e. The van der Waals surface area contributed by atoms with Gasteiger partial charge in [-0.2, -0.15) is 0 Å². The van der Waals surface area contributed by atoms with Crippen molar-refractivity contribution in [1.82, 2.24) is 14.3 Å². The minimum atomic E-state index is 0.612. The molecule has 1 aliphatic rings. The summed E-state index contributed by atoms with van der Waals surface area (Å²) in [4.78, 5) is 7.33. The standard InChI is InChI=1S/C16H22ClN3/c1-12(2)19-9-4-3-6-14(19)10-13-11-20-15(17)7-5-8-16(20)18-13/h5,7-8,11-12,14H,3-4,6,9-10H2,1-2H3. The van der Waals surface area contributed by atoms with Crippen molar-refractivity contribution in [3.05, 3.63) is 35.2 Å². The van der Waals surface area contributed by atoms with Crippen LogP contribution in [0, 0.1) is 0 Å². The number of hydrogen-bond donors (Lipinski definition) is 0. The summed E-state index contributed by atoms with van der Waals surface area (Å²) in [5.41, 5.74) is 2.09. The first kappa shape index (κ1) is 13.9. The second-order valence-corrected chi connectivity index (χ2v) is 6.38. The highest BCUT2D eigenvalue weighted by atomic mass is 35.5. The molecular formula is C16H22ClN3. The average molecular weight is 292 g/mol. The van der Waals surface area contributed by atoms with Crippen molar-refractivity contribution in [3.63, 3.8) is 0 Å². The summed E-state index contributed by atoms with van der Waals surface area (Å²) in [5, 5.41) is 0.727. The zero-order valence-corrected chi connectivity index (χ0v) is 13.0. The molecule has 0 bridgehead atoms. The summed E-state index contributed by atoms with van der Waals surface area (Å²) in [6, 6.07) is 7.10. The number of likely N-dealkylation sites (tertiary alicyclic amines) is 1. The Hall–Kier alpha value is -1.06. The Morgan fingerprint density at radius 1 is 1.35 bits per heavy atom. The smallest absolute Gasteiger partial charge is 0.138 e. The second kappa shape index (κ2) is 5.74. The lowest BCUT2D eigenvalue weighted by Gasteiger charge is -2.38.